The van der Waals surface area contributed by atoms with Crippen molar-refractivity contribution in [1.82, 2.24) is 4.72 Å². The van der Waals surface area contributed by atoms with E-state index in [1.54, 1.807) is 7.11 Å². The number of methoxy groups -OCH3 is 1. The van der Waals surface area contributed by atoms with Crippen LogP contribution >= 0.6 is 11.3 Å². The van der Waals surface area contributed by atoms with Crippen LogP contribution in [0, 0.1) is 11.8 Å². The molecular weight excluding hydrogens is 328 g/mol. The van der Waals surface area contributed by atoms with Gasteiger partial charge >= 0.3 is 0 Å². The van der Waals surface area contributed by atoms with Crippen molar-refractivity contribution in [3.63, 3.8) is 0 Å². The zero-order chi connectivity index (χ0) is 15.9. The fourth-order valence-electron chi connectivity index (χ4n) is 3.22. The van der Waals surface area contributed by atoms with Crippen LogP contribution in [-0.4, -0.2) is 46.8 Å². The van der Waals surface area contributed by atoms with Gasteiger partial charge in [0.25, 0.3) is 0 Å². The second-order valence-electron chi connectivity index (χ2n) is 5.57. The van der Waals surface area contributed by atoms with E-state index < -0.39 is 15.9 Å². The summed E-state index contributed by atoms with van der Waals surface area (Å²) in [5, 5.41) is 1.45. The van der Waals surface area contributed by atoms with Gasteiger partial charge in [-0.25, -0.2) is 13.1 Å². The molecule has 1 saturated carbocycles. The summed E-state index contributed by atoms with van der Waals surface area (Å²) in [6.07, 6.45) is 0.909. The van der Waals surface area contributed by atoms with E-state index in [2.05, 4.69) is 4.72 Å². The Morgan fingerprint density at radius 2 is 2.36 bits per heavy atom. The first-order chi connectivity index (χ1) is 10.4. The highest BCUT2D eigenvalue weighted by molar-refractivity contribution is 7.91. The van der Waals surface area contributed by atoms with Crippen LogP contribution in [0.5, 0.6) is 0 Å². The molecule has 0 unspecified atom stereocenters. The van der Waals surface area contributed by atoms with Crippen LogP contribution in [0.4, 0.5) is 0 Å². The highest BCUT2D eigenvalue weighted by Gasteiger charge is 2.55. The van der Waals surface area contributed by atoms with Gasteiger partial charge in [-0.15, -0.1) is 11.3 Å². The van der Waals surface area contributed by atoms with Crippen LogP contribution in [0.1, 0.15) is 16.8 Å². The summed E-state index contributed by atoms with van der Waals surface area (Å²) in [4.78, 5) is 11.1. The summed E-state index contributed by atoms with van der Waals surface area (Å²) >= 11 is 0.987. The predicted octanol–water partition coefficient (Wildman–Crippen LogP) is 0.175. The molecule has 4 atom stereocenters. The number of rotatable bonds is 6. The van der Waals surface area contributed by atoms with Gasteiger partial charge in [-0.05, 0) is 12.5 Å². The lowest BCUT2D eigenvalue weighted by Crippen LogP contribution is -2.62. The van der Waals surface area contributed by atoms with E-state index in [4.69, 9.17) is 15.2 Å². The molecule has 1 aliphatic carbocycles. The van der Waals surface area contributed by atoms with E-state index in [9.17, 15) is 13.2 Å². The highest BCUT2D eigenvalue weighted by atomic mass is 32.2. The van der Waals surface area contributed by atoms with Gasteiger partial charge in [0.15, 0.2) is 0 Å². The minimum atomic E-state index is -3.67. The number of hydrogen-bond acceptors (Lipinski definition) is 6. The van der Waals surface area contributed by atoms with Crippen LogP contribution in [0.15, 0.2) is 15.7 Å². The maximum absolute atomic E-state index is 12.5. The number of carbonyl (C=O) groups excluding carboxylic acids is 1. The molecule has 122 valence electrons. The quantitative estimate of drug-likeness (QED) is 0.764. The number of sulfonamides is 1. The predicted molar refractivity (Wildman–Crippen MR) is 80.2 cm³/mol. The van der Waals surface area contributed by atoms with Crippen molar-refractivity contribution in [2.45, 2.75) is 22.8 Å². The second kappa shape index (κ2) is 5.89. The molecule has 22 heavy (non-hydrogen) atoms. The number of carbonyl (C=O) groups is 1. The lowest BCUT2D eigenvalue weighted by molar-refractivity contribution is -0.0775. The number of amides is 1. The molecule has 3 rings (SSSR count). The molecule has 0 bridgehead atoms. The first-order valence-electron chi connectivity index (χ1n) is 6.95. The van der Waals surface area contributed by atoms with Crippen molar-refractivity contribution in [2.24, 2.45) is 17.6 Å². The largest absolute Gasteiger partial charge is 0.384 e. The normalized spacial score (nSPS) is 30.8. The Kier molecular flexibility index (Phi) is 4.25. The molecule has 0 radical (unpaired) electrons. The summed E-state index contributed by atoms with van der Waals surface area (Å²) in [6, 6.07) is 1.11. The minimum Gasteiger partial charge on any atom is -0.384 e. The summed E-state index contributed by atoms with van der Waals surface area (Å²) < 4.78 is 38.6. The van der Waals surface area contributed by atoms with E-state index in [-0.39, 0.29) is 33.8 Å². The first-order valence-corrected chi connectivity index (χ1v) is 9.31. The summed E-state index contributed by atoms with van der Waals surface area (Å²) in [5.41, 5.74) is 5.36. The number of ether oxygens (including phenoxy) is 2. The van der Waals surface area contributed by atoms with E-state index in [0.717, 1.165) is 17.8 Å². The lowest BCUT2D eigenvalue weighted by Gasteiger charge is -2.47. The maximum Gasteiger partial charge on any atom is 0.250 e. The van der Waals surface area contributed by atoms with Gasteiger partial charge in [-0.1, -0.05) is 0 Å². The van der Waals surface area contributed by atoms with Crippen molar-refractivity contribution >= 4 is 27.3 Å². The Bertz CT molecular complexity index is 672. The number of nitrogens with one attached hydrogen (secondary N) is 1. The molecule has 2 aliphatic rings. The van der Waals surface area contributed by atoms with Crippen molar-refractivity contribution in [3.8, 4) is 0 Å². The number of thiophene rings is 1. The SMILES string of the molecule is COC[C@@H]1[C@@H](NS(=O)(=O)c2cc(C(N)=O)cs2)[C@@H]2CCO[C@H]12. The molecule has 2 heterocycles. The third-order valence-electron chi connectivity index (χ3n) is 4.30. The summed E-state index contributed by atoms with van der Waals surface area (Å²) in [7, 11) is -2.08. The fourth-order valence-corrected chi connectivity index (χ4v) is 5.74. The second-order valence-corrected chi connectivity index (χ2v) is 8.42. The Balaban J connectivity index is 1.76. The van der Waals surface area contributed by atoms with Gasteiger partial charge < -0.3 is 15.2 Å². The van der Waals surface area contributed by atoms with Crippen molar-refractivity contribution in [3.05, 3.63) is 17.0 Å². The molecule has 1 aliphatic heterocycles. The topological polar surface area (TPSA) is 108 Å². The smallest absolute Gasteiger partial charge is 0.250 e. The van der Waals surface area contributed by atoms with E-state index in [0.29, 0.717) is 13.2 Å². The Morgan fingerprint density at radius 1 is 1.59 bits per heavy atom. The number of nitrogens with two attached hydrogens (primary N) is 1. The number of hydrogen-bond donors (Lipinski definition) is 2. The molecule has 0 aromatic carbocycles. The third kappa shape index (κ3) is 2.67. The molecule has 3 N–H and O–H groups in total. The first kappa shape index (κ1) is 15.9. The van der Waals surface area contributed by atoms with Gasteiger partial charge in [0.05, 0.1) is 18.3 Å². The Morgan fingerprint density at radius 3 is 3.00 bits per heavy atom. The van der Waals surface area contributed by atoms with Gasteiger partial charge in [-0.3, -0.25) is 4.79 Å². The third-order valence-corrected chi connectivity index (χ3v) is 7.20. The molecule has 1 aromatic heterocycles. The van der Waals surface area contributed by atoms with E-state index in [1.807, 2.05) is 0 Å². The minimum absolute atomic E-state index is 0.0165. The monoisotopic (exact) mass is 346 g/mol. The highest BCUT2D eigenvalue weighted by Crippen LogP contribution is 2.44. The molecule has 0 spiro atoms. The van der Waals surface area contributed by atoms with Crippen molar-refractivity contribution in [2.75, 3.05) is 20.3 Å². The number of primary amides is 1. The lowest BCUT2D eigenvalue weighted by atomic mass is 9.68. The summed E-state index contributed by atoms with van der Waals surface area (Å²) in [6.45, 7) is 1.10. The average Bonchev–Trinajstić information content (AvgIpc) is 3.10. The van der Waals surface area contributed by atoms with E-state index in [1.165, 1.54) is 11.4 Å². The molecule has 1 amide bonds. The van der Waals surface area contributed by atoms with Gasteiger partial charge in [0.1, 0.15) is 4.21 Å². The molecule has 9 heteroatoms. The zero-order valence-corrected chi connectivity index (χ0v) is 13.7. The zero-order valence-electron chi connectivity index (χ0n) is 12.0. The molecule has 7 nitrogen and oxygen atoms in total. The van der Waals surface area contributed by atoms with Gasteiger partial charge in [0, 0.05) is 37.0 Å². The molecular formula is C13H18N2O5S2. The van der Waals surface area contributed by atoms with Gasteiger partial charge in [-0.2, -0.15) is 0 Å². The van der Waals surface area contributed by atoms with Crippen LogP contribution in [0.25, 0.3) is 0 Å². The van der Waals surface area contributed by atoms with Crippen molar-refractivity contribution in [1.29, 1.82) is 0 Å². The average molecular weight is 346 g/mol. The van der Waals surface area contributed by atoms with Crippen LogP contribution < -0.4 is 10.5 Å². The standard InChI is InChI=1S/C13H18N2O5S2/c1-19-5-9-11(8-2-3-20-12(8)9)15-22(17,18)10-4-7(6-21-10)13(14)16/h4,6,8-9,11-12,15H,2-3,5H2,1H3,(H2,14,16)/t8-,9+,11-,12-/m0/s1. The number of fused-ring (bicyclic) bond motifs is 1. The van der Waals surface area contributed by atoms with Crippen LogP contribution in [0.3, 0.4) is 0 Å². The maximum atomic E-state index is 12.5. The van der Waals surface area contributed by atoms with Crippen molar-refractivity contribution < 1.29 is 22.7 Å². The fraction of sp³-hybridized carbons (Fsp3) is 0.615. The molecule has 1 aromatic rings. The van der Waals surface area contributed by atoms with Crippen LogP contribution in [-0.2, 0) is 19.5 Å². The van der Waals surface area contributed by atoms with Gasteiger partial charge in [0.2, 0.25) is 15.9 Å². The Hall–Kier alpha value is -1.00. The van der Waals surface area contributed by atoms with Crippen LogP contribution in [0.2, 0.25) is 0 Å². The summed E-state index contributed by atoms with van der Waals surface area (Å²) in [5.74, 6) is -0.434. The molecule has 2 fully saturated rings. The Labute approximate surface area is 132 Å². The van der Waals surface area contributed by atoms with E-state index >= 15 is 0 Å². The molecule has 1 saturated heterocycles.